The van der Waals surface area contributed by atoms with Crippen LogP contribution in [0.2, 0.25) is 0 Å². The molecular formula is C12H9N3O2S. The van der Waals surface area contributed by atoms with E-state index in [4.69, 9.17) is 0 Å². The fraction of sp³-hybridized carbons (Fsp3) is 0.0833. The Kier molecular flexibility index (Phi) is 2.73. The lowest BCUT2D eigenvalue weighted by molar-refractivity contribution is -0.123. The van der Waals surface area contributed by atoms with E-state index in [1.165, 1.54) is 11.8 Å². The molecule has 0 fully saturated rings. The molecule has 1 aliphatic rings. The van der Waals surface area contributed by atoms with Gasteiger partial charge in [0, 0.05) is 28.5 Å². The molecule has 5 nitrogen and oxygen atoms in total. The summed E-state index contributed by atoms with van der Waals surface area (Å²) in [6.07, 6.45) is 2.29. The number of hydrogen-bond donors (Lipinski definition) is 2. The summed E-state index contributed by atoms with van der Waals surface area (Å²) < 4.78 is 0. The Morgan fingerprint density at radius 2 is 2.06 bits per heavy atom. The number of aliphatic hydroxyl groups excluding tert-OH is 1. The van der Waals surface area contributed by atoms with E-state index in [0.29, 0.717) is 16.4 Å². The van der Waals surface area contributed by atoms with Crippen LogP contribution in [-0.4, -0.2) is 21.0 Å². The third kappa shape index (κ3) is 1.96. The van der Waals surface area contributed by atoms with Crippen LogP contribution < -0.4 is 5.32 Å². The molecule has 3 rings (SSSR count). The highest BCUT2D eigenvalue weighted by Crippen LogP contribution is 2.35. The van der Waals surface area contributed by atoms with Gasteiger partial charge in [-0.05, 0) is 30.0 Å². The highest BCUT2D eigenvalue weighted by molar-refractivity contribution is 7.99. The van der Waals surface area contributed by atoms with Crippen LogP contribution in [-0.2, 0) is 4.79 Å². The van der Waals surface area contributed by atoms with Crippen molar-refractivity contribution in [2.75, 3.05) is 5.32 Å². The number of hydrogen-bond acceptors (Lipinski definition) is 5. The Labute approximate surface area is 107 Å². The van der Waals surface area contributed by atoms with Crippen molar-refractivity contribution in [3.63, 3.8) is 0 Å². The third-order valence-corrected chi connectivity index (χ3v) is 3.46. The molecule has 1 aliphatic heterocycles. The number of anilines is 1. The molecule has 1 atom stereocenters. The van der Waals surface area contributed by atoms with Crippen molar-refractivity contribution >= 4 is 23.4 Å². The summed E-state index contributed by atoms with van der Waals surface area (Å²) >= 11 is 1.40. The van der Waals surface area contributed by atoms with E-state index in [1.807, 2.05) is 12.1 Å². The molecule has 90 valence electrons. The molecule has 1 unspecified atom stereocenters. The fourth-order valence-electron chi connectivity index (χ4n) is 1.73. The van der Waals surface area contributed by atoms with Gasteiger partial charge in [-0.15, -0.1) is 0 Å². The van der Waals surface area contributed by atoms with Crippen molar-refractivity contribution in [2.24, 2.45) is 0 Å². The first-order valence-electron chi connectivity index (χ1n) is 5.32. The van der Waals surface area contributed by atoms with E-state index in [1.54, 1.807) is 24.5 Å². The molecule has 6 heteroatoms. The molecule has 2 heterocycles. The first-order valence-corrected chi connectivity index (χ1v) is 6.13. The molecule has 2 N–H and O–H groups in total. The number of nitrogens with zero attached hydrogens (tertiary/aromatic N) is 2. The van der Waals surface area contributed by atoms with Crippen molar-refractivity contribution < 1.29 is 9.90 Å². The molecule has 0 radical (unpaired) electrons. The standard InChI is InChI=1S/C12H9N3O2S/c16-10-8-3-2-7(6-9(8)15-11(10)17)18-12-13-4-1-5-14-12/h1-6,10,16H,(H,15,17). The quantitative estimate of drug-likeness (QED) is 0.801. The summed E-state index contributed by atoms with van der Waals surface area (Å²) in [6.45, 7) is 0. The van der Waals surface area contributed by atoms with Crippen LogP contribution in [0.15, 0.2) is 46.7 Å². The van der Waals surface area contributed by atoms with Crippen LogP contribution in [0.4, 0.5) is 5.69 Å². The predicted octanol–water partition coefficient (Wildman–Crippen LogP) is 1.61. The maximum absolute atomic E-state index is 11.3. The van der Waals surface area contributed by atoms with E-state index in [-0.39, 0.29) is 5.91 Å². The van der Waals surface area contributed by atoms with E-state index in [9.17, 15) is 9.90 Å². The van der Waals surface area contributed by atoms with Gasteiger partial charge in [0.1, 0.15) is 0 Å². The average Bonchev–Trinajstić information content (AvgIpc) is 2.66. The molecule has 0 spiro atoms. The van der Waals surface area contributed by atoms with Crippen LogP contribution in [0.1, 0.15) is 11.7 Å². The maximum atomic E-state index is 11.3. The smallest absolute Gasteiger partial charge is 0.257 e. The van der Waals surface area contributed by atoms with Crippen molar-refractivity contribution in [1.29, 1.82) is 0 Å². The van der Waals surface area contributed by atoms with Crippen LogP contribution >= 0.6 is 11.8 Å². The van der Waals surface area contributed by atoms with Gasteiger partial charge in [-0.25, -0.2) is 9.97 Å². The van der Waals surface area contributed by atoms with Crippen molar-refractivity contribution in [3.05, 3.63) is 42.2 Å². The topological polar surface area (TPSA) is 75.1 Å². The van der Waals surface area contributed by atoms with Crippen LogP contribution in [0.3, 0.4) is 0 Å². The zero-order valence-electron chi connectivity index (χ0n) is 9.20. The molecule has 2 aromatic rings. The van der Waals surface area contributed by atoms with Crippen molar-refractivity contribution in [3.8, 4) is 0 Å². The summed E-state index contributed by atoms with van der Waals surface area (Å²) in [5, 5.41) is 12.9. The van der Waals surface area contributed by atoms with E-state index in [0.717, 1.165) is 4.90 Å². The first-order chi connectivity index (χ1) is 8.74. The number of benzene rings is 1. The predicted molar refractivity (Wildman–Crippen MR) is 66.2 cm³/mol. The second-order valence-corrected chi connectivity index (χ2v) is 4.81. The summed E-state index contributed by atoms with van der Waals surface area (Å²) in [5.74, 6) is -0.386. The highest BCUT2D eigenvalue weighted by atomic mass is 32.2. The SMILES string of the molecule is O=C1Nc2cc(Sc3ncccn3)ccc2C1O. The lowest BCUT2D eigenvalue weighted by Gasteiger charge is -2.03. The minimum Gasteiger partial charge on any atom is -0.378 e. The molecular weight excluding hydrogens is 250 g/mol. The van der Waals surface area contributed by atoms with Gasteiger partial charge >= 0.3 is 0 Å². The van der Waals surface area contributed by atoms with Gasteiger partial charge in [-0.3, -0.25) is 4.79 Å². The lowest BCUT2D eigenvalue weighted by atomic mass is 10.1. The minimum absolute atomic E-state index is 0.386. The Balaban J connectivity index is 1.88. The Morgan fingerprint density at radius 1 is 1.28 bits per heavy atom. The van der Waals surface area contributed by atoms with Gasteiger partial charge in [-0.1, -0.05) is 6.07 Å². The number of carbonyl (C=O) groups excluding carboxylic acids is 1. The van der Waals surface area contributed by atoms with E-state index >= 15 is 0 Å². The van der Waals surface area contributed by atoms with E-state index < -0.39 is 6.10 Å². The second-order valence-electron chi connectivity index (χ2n) is 3.77. The monoisotopic (exact) mass is 259 g/mol. The average molecular weight is 259 g/mol. The van der Waals surface area contributed by atoms with Crippen molar-refractivity contribution in [1.82, 2.24) is 9.97 Å². The van der Waals surface area contributed by atoms with Crippen LogP contribution in [0.25, 0.3) is 0 Å². The largest absolute Gasteiger partial charge is 0.378 e. The van der Waals surface area contributed by atoms with Crippen LogP contribution in [0, 0.1) is 0 Å². The molecule has 0 bridgehead atoms. The van der Waals surface area contributed by atoms with Crippen molar-refractivity contribution in [2.45, 2.75) is 16.2 Å². The summed E-state index contributed by atoms with van der Waals surface area (Å²) in [6, 6.07) is 7.14. The van der Waals surface area contributed by atoms with Gasteiger partial charge in [0.2, 0.25) is 0 Å². The highest BCUT2D eigenvalue weighted by Gasteiger charge is 2.28. The Hall–Kier alpha value is -1.92. The number of rotatable bonds is 2. The fourth-order valence-corrected chi connectivity index (χ4v) is 2.48. The lowest BCUT2D eigenvalue weighted by Crippen LogP contribution is -2.10. The molecule has 1 aromatic carbocycles. The van der Waals surface area contributed by atoms with E-state index in [2.05, 4.69) is 15.3 Å². The van der Waals surface area contributed by atoms with Crippen LogP contribution in [0.5, 0.6) is 0 Å². The summed E-state index contributed by atoms with van der Waals surface area (Å²) in [5.41, 5.74) is 1.26. The Morgan fingerprint density at radius 3 is 2.83 bits per heavy atom. The molecule has 1 amide bonds. The van der Waals surface area contributed by atoms with Gasteiger partial charge in [0.25, 0.3) is 5.91 Å². The summed E-state index contributed by atoms with van der Waals surface area (Å²) in [4.78, 5) is 20.4. The summed E-state index contributed by atoms with van der Waals surface area (Å²) in [7, 11) is 0. The van der Waals surface area contributed by atoms with Gasteiger partial charge in [0.15, 0.2) is 11.3 Å². The number of fused-ring (bicyclic) bond motifs is 1. The molecule has 0 saturated carbocycles. The molecule has 1 aromatic heterocycles. The zero-order chi connectivity index (χ0) is 12.5. The number of aliphatic hydroxyl groups is 1. The number of carbonyl (C=O) groups is 1. The number of amides is 1. The zero-order valence-corrected chi connectivity index (χ0v) is 10.0. The van der Waals surface area contributed by atoms with Gasteiger partial charge in [-0.2, -0.15) is 0 Å². The number of aromatic nitrogens is 2. The third-order valence-electron chi connectivity index (χ3n) is 2.58. The number of nitrogens with one attached hydrogen (secondary N) is 1. The minimum atomic E-state index is -1.06. The molecule has 0 aliphatic carbocycles. The first kappa shape index (κ1) is 11.2. The maximum Gasteiger partial charge on any atom is 0.257 e. The normalized spacial score (nSPS) is 17.4. The Bertz CT molecular complexity index is 604. The molecule has 0 saturated heterocycles. The molecule has 18 heavy (non-hydrogen) atoms. The van der Waals surface area contributed by atoms with Gasteiger partial charge in [0.05, 0.1) is 0 Å². The second kappa shape index (κ2) is 4.40. The van der Waals surface area contributed by atoms with Gasteiger partial charge < -0.3 is 10.4 Å².